The Bertz CT molecular complexity index is 895. The largest absolute Gasteiger partial charge is 0.500 e. The summed E-state index contributed by atoms with van der Waals surface area (Å²) >= 11 is 0. The highest BCUT2D eigenvalue weighted by atomic mass is 16.5. The van der Waals surface area contributed by atoms with Crippen molar-refractivity contribution in [2.75, 3.05) is 13.7 Å². The summed E-state index contributed by atoms with van der Waals surface area (Å²) in [5.74, 6) is 1.60. The third-order valence-corrected chi connectivity index (χ3v) is 5.11. The first-order valence-electron chi connectivity index (χ1n) is 9.48. The van der Waals surface area contributed by atoms with E-state index in [9.17, 15) is 0 Å². The van der Waals surface area contributed by atoms with Crippen molar-refractivity contribution >= 4 is 5.84 Å². The van der Waals surface area contributed by atoms with Gasteiger partial charge in [0.15, 0.2) is 0 Å². The van der Waals surface area contributed by atoms with E-state index < -0.39 is 0 Å². The van der Waals surface area contributed by atoms with Gasteiger partial charge in [-0.05, 0) is 57.2 Å². The summed E-state index contributed by atoms with van der Waals surface area (Å²) in [6.07, 6.45) is 6.98. The molecule has 6 nitrogen and oxygen atoms in total. The van der Waals surface area contributed by atoms with E-state index in [1.807, 2.05) is 19.1 Å². The van der Waals surface area contributed by atoms with E-state index in [-0.39, 0.29) is 11.3 Å². The molecule has 2 aromatic heterocycles. The van der Waals surface area contributed by atoms with Crippen LogP contribution in [0.2, 0.25) is 0 Å². The number of nitrogens with one attached hydrogen (secondary N) is 1. The zero-order valence-electron chi connectivity index (χ0n) is 17.0. The summed E-state index contributed by atoms with van der Waals surface area (Å²) < 4.78 is 11.7. The molecule has 1 aliphatic carbocycles. The second kappa shape index (κ2) is 8.00. The molecular weight excluding hydrogens is 352 g/mol. The van der Waals surface area contributed by atoms with Crippen molar-refractivity contribution in [2.45, 2.75) is 40.0 Å². The molecule has 1 aliphatic rings. The van der Waals surface area contributed by atoms with Crippen molar-refractivity contribution in [2.24, 2.45) is 11.1 Å². The Morgan fingerprint density at radius 1 is 1.21 bits per heavy atom. The van der Waals surface area contributed by atoms with Crippen molar-refractivity contribution in [1.29, 1.82) is 5.41 Å². The summed E-state index contributed by atoms with van der Waals surface area (Å²) in [5, 5.41) is 7.44. The van der Waals surface area contributed by atoms with Gasteiger partial charge >= 0.3 is 0 Å². The molecule has 0 unspecified atom stereocenters. The number of aromatic nitrogens is 2. The van der Waals surface area contributed by atoms with Crippen molar-refractivity contribution in [3.8, 4) is 17.0 Å². The molecule has 2 aromatic rings. The van der Waals surface area contributed by atoms with Gasteiger partial charge in [-0.3, -0.25) is 10.4 Å². The first kappa shape index (κ1) is 19.9. The normalized spacial score (nSPS) is 13.6. The predicted molar refractivity (Wildman–Crippen MR) is 110 cm³/mol. The van der Waals surface area contributed by atoms with Gasteiger partial charge in [0, 0.05) is 29.6 Å². The number of ether oxygens (including phenoxy) is 2. The zero-order chi connectivity index (χ0) is 20.3. The minimum absolute atomic E-state index is 0.0416. The molecule has 0 aromatic carbocycles. The maximum atomic E-state index is 7.44. The second-order valence-corrected chi connectivity index (χ2v) is 7.85. The third-order valence-electron chi connectivity index (χ3n) is 5.11. The minimum atomic E-state index is -0.203. The summed E-state index contributed by atoms with van der Waals surface area (Å²) in [5.41, 5.74) is 10.1. The van der Waals surface area contributed by atoms with Crippen LogP contribution in [-0.2, 0) is 4.74 Å². The number of hydrogen-bond acceptors (Lipinski definition) is 5. The van der Waals surface area contributed by atoms with Crippen LogP contribution in [0.25, 0.3) is 11.1 Å². The van der Waals surface area contributed by atoms with Gasteiger partial charge in [-0.2, -0.15) is 0 Å². The zero-order valence-corrected chi connectivity index (χ0v) is 17.0. The lowest BCUT2D eigenvalue weighted by atomic mass is 9.81. The number of amidine groups is 1. The SMILES string of the molecule is COC(=C1CCC1)C(C)(C)COc1cc(C)c(-c2ccc(C(=N)N)nc2)cn1. The van der Waals surface area contributed by atoms with Gasteiger partial charge in [-0.1, -0.05) is 6.07 Å². The Kier molecular flexibility index (Phi) is 5.68. The fourth-order valence-electron chi connectivity index (χ4n) is 3.42. The van der Waals surface area contributed by atoms with E-state index >= 15 is 0 Å². The van der Waals surface area contributed by atoms with Crippen LogP contribution < -0.4 is 10.5 Å². The quantitative estimate of drug-likeness (QED) is 0.426. The highest BCUT2D eigenvalue weighted by Crippen LogP contribution is 2.38. The fraction of sp³-hybridized carbons (Fsp3) is 0.409. The number of methoxy groups -OCH3 is 1. The smallest absolute Gasteiger partial charge is 0.213 e. The molecule has 148 valence electrons. The van der Waals surface area contributed by atoms with Gasteiger partial charge in [0.25, 0.3) is 0 Å². The number of nitrogen functional groups attached to an aromatic ring is 1. The molecule has 28 heavy (non-hydrogen) atoms. The Morgan fingerprint density at radius 3 is 2.46 bits per heavy atom. The van der Waals surface area contributed by atoms with Gasteiger partial charge in [-0.15, -0.1) is 0 Å². The predicted octanol–water partition coefficient (Wildman–Crippen LogP) is 4.23. The number of rotatable bonds is 7. The number of nitrogens with zero attached hydrogens (tertiary/aromatic N) is 2. The van der Waals surface area contributed by atoms with Gasteiger partial charge in [0.1, 0.15) is 23.9 Å². The summed E-state index contributed by atoms with van der Waals surface area (Å²) in [7, 11) is 1.74. The highest BCUT2D eigenvalue weighted by molar-refractivity contribution is 5.93. The minimum Gasteiger partial charge on any atom is -0.500 e. The van der Waals surface area contributed by atoms with E-state index in [0.29, 0.717) is 18.2 Å². The number of hydrogen-bond donors (Lipinski definition) is 2. The van der Waals surface area contributed by atoms with Crippen LogP contribution in [0.4, 0.5) is 0 Å². The maximum Gasteiger partial charge on any atom is 0.213 e. The molecule has 1 saturated carbocycles. The molecule has 0 atom stereocenters. The average molecular weight is 380 g/mol. The first-order valence-corrected chi connectivity index (χ1v) is 9.48. The highest BCUT2D eigenvalue weighted by Gasteiger charge is 2.31. The topological polar surface area (TPSA) is 94.1 Å². The molecule has 0 spiro atoms. The Hall–Kier alpha value is -2.89. The average Bonchev–Trinajstić information content (AvgIpc) is 2.63. The maximum absolute atomic E-state index is 7.44. The molecule has 0 saturated heterocycles. The van der Waals surface area contributed by atoms with Crippen molar-refractivity contribution in [1.82, 2.24) is 9.97 Å². The van der Waals surface area contributed by atoms with Gasteiger partial charge < -0.3 is 15.2 Å². The van der Waals surface area contributed by atoms with Crippen LogP contribution in [-0.4, -0.2) is 29.5 Å². The summed E-state index contributed by atoms with van der Waals surface area (Å²) in [6, 6.07) is 5.57. The van der Waals surface area contributed by atoms with Crippen molar-refractivity contribution in [3.05, 3.63) is 53.2 Å². The monoisotopic (exact) mass is 380 g/mol. The molecule has 2 heterocycles. The Labute approximate surface area is 166 Å². The number of allylic oxidation sites excluding steroid dienone is 1. The first-order chi connectivity index (χ1) is 13.3. The molecule has 0 aliphatic heterocycles. The molecule has 0 radical (unpaired) electrons. The summed E-state index contributed by atoms with van der Waals surface area (Å²) in [6.45, 7) is 6.80. The fourth-order valence-corrected chi connectivity index (χ4v) is 3.42. The molecule has 6 heteroatoms. The Morgan fingerprint density at radius 2 is 1.96 bits per heavy atom. The number of aryl methyl sites for hydroxylation is 1. The third kappa shape index (κ3) is 4.16. The summed E-state index contributed by atoms with van der Waals surface area (Å²) in [4.78, 5) is 8.68. The molecule has 1 fully saturated rings. The Balaban J connectivity index is 1.73. The second-order valence-electron chi connectivity index (χ2n) is 7.85. The number of pyridine rings is 2. The van der Waals surface area contributed by atoms with Crippen molar-refractivity contribution < 1.29 is 9.47 Å². The lowest BCUT2D eigenvalue weighted by Gasteiger charge is -2.32. The molecule has 0 amide bonds. The molecule has 0 bridgehead atoms. The number of nitrogens with two attached hydrogens (primary N) is 1. The standard InChI is InChI=1S/C22H28N4O2/c1-14-10-19(28-13-22(2,3)20(27-4)15-6-5-7-15)26-12-17(14)16-8-9-18(21(23)24)25-11-16/h8-12H,5-7,13H2,1-4H3,(H3,23,24). The molecular formula is C22H28N4O2. The van der Waals surface area contributed by atoms with Crippen LogP contribution in [0.1, 0.15) is 44.4 Å². The molecule has 3 rings (SSSR count). The van der Waals surface area contributed by atoms with Crippen molar-refractivity contribution in [3.63, 3.8) is 0 Å². The lowest BCUT2D eigenvalue weighted by molar-refractivity contribution is 0.122. The van der Waals surface area contributed by atoms with Gasteiger partial charge in [0.05, 0.1) is 12.5 Å². The van der Waals surface area contributed by atoms with E-state index in [1.54, 1.807) is 25.6 Å². The van der Waals surface area contributed by atoms with E-state index in [0.717, 1.165) is 35.3 Å². The van der Waals surface area contributed by atoms with E-state index in [1.165, 1.54) is 12.0 Å². The van der Waals surface area contributed by atoms with Crippen LogP contribution in [0.15, 0.2) is 41.9 Å². The van der Waals surface area contributed by atoms with Crippen LogP contribution >= 0.6 is 0 Å². The van der Waals surface area contributed by atoms with Gasteiger partial charge in [-0.25, -0.2) is 4.98 Å². The lowest BCUT2D eigenvalue weighted by Crippen LogP contribution is -2.27. The van der Waals surface area contributed by atoms with Crippen LogP contribution in [0.3, 0.4) is 0 Å². The van der Waals surface area contributed by atoms with E-state index in [2.05, 4.69) is 23.8 Å². The van der Waals surface area contributed by atoms with Gasteiger partial charge in [0.2, 0.25) is 5.88 Å². The van der Waals surface area contributed by atoms with E-state index in [4.69, 9.17) is 20.6 Å². The van der Waals surface area contributed by atoms with Crippen LogP contribution in [0.5, 0.6) is 5.88 Å². The molecule has 3 N–H and O–H groups in total. The van der Waals surface area contributed by atoms with Crippen LogP contribution in [0, 0.1) is 17.7 Å².